The number of amides is 2. The van der Waals surface area contributed by atoms with Gasteiger partial charge >= 0.3 is 0 Å². The van der Waals surface area contributed by atoms with Crippen LogP contribution in [0.2, 0.25) is 0 Å². The van der Waals surface area contributed by atoms with Gasteiger partial charge in [-0.15, -0.1) is 0 Å². The maximum absolute atomic E-state index is 13.3. The highest BCUT2D eigenvalue weighted by molar-refractivity contribution is 7.93. The van der Waals surface area contributed by atoms with Crippen molar-refractivity contribution < 1.29 is 28.0 Å². The van der Waals surface area contributed by atoms with Gasteiger partial charge in [-0.05, 0) is 50.5 Å². The fourth-order valence-corrected chi connectivity index (χ4v) is 5.50. The van der Waals surface area contributed by atoms with Crippen LogP contribution in [0.1, 0.15) is 43.5 Å². The normalized spacial score (nSPS) is 16.7. The van der Waals surface area contributed by atoms with E-state index in [1.807, 2.05) is 13.8 Å². The minimum Gasteiger partial charge on any atom is -0.381 e. The van der Waals surface area contributed by atoms with Gasteiger partial charge in [0.1, 0.15) is 0 Å². The van der Waals surface area contributed by atoms with Crippen LogP contribution < -0.4 is 10.8 Å². The number of nitrogens with zero attached hydrogens (tertiary/aromatic N) is 1. The van der Waals surface area contributed by atoms with E-state index in [0.29, 0.717) is 16.8 Å². The topological polar surface area (TPSA) is 135 Å². The number of hydroxylamine groups is 1. The van der Waals surface area contributed by atoms with E-state index < -0.39 is 20.5 Å². The molecule has 0 bridgehead atoms. The lowest BCUT2D eigenvalue weighted by Gasteiger charge is -2.34. The van der Waals surface area contributed by atoms with Crippen LogP contribution in [-0.2, 0) is 19.4 Å². The molecule has 0 radical (unpaired) electrons. The second kappa shape index (κ2) is 9.76. The molecule has 1 aliphatic heterocycles. The van der Waals surface area contributed by atoms with E-state index in [0.717, 1.165) is 6.42 Å². The van der Waals surface area contributed by atoms with Crippen molar-refractivity contribution in [2.24, 2.45) is 0 Å². The fourth-order valence-electron chi connectivity index (χ4n) is 3.56. The molecule has 1 fully saturated rings. The first kappa shape index (κ1) is 23.8. The number of benzene rings is 1. The lowest BCUT2D eigenvalue weighted by molar-refractivity contribution is -0.134. The van der Waals surface area contributed by atoms with E-state index in [2.05, 4.69) is 10.3 Å². The summed E-state index contributed by atoms with van der Waals surface area (Å²) in [6, 6.07) is 9.43. The Morgan fingerprint density at radius 2 is 1.81 bits per heavy atom. The second-order valence-corrected chi connectivity index (χ2v) is 10.1. The molecule has 9 nitrogen and oxygen atoms in total. The summed E-state index contributed by atoms with van der Waals surface area (Å²) in [5.74, 6) is -1.17. The predicted molar refractivity (Wildman–Crippen MR) is 117 cm³/mol. The molecule has 1 aliphatic rings. The number of ether oxygens (including phenoxy) is 1. The van der Waals surface area contributed by atoms with Crippen molar-refractivity contribution in [2.75, 3.05) is 13.2 Å². The monoisotopic (exact) mass is 461 g/mol. The molecule has 1 saturated heterocycles. The molecule has 1 aromatic carbocycles. The number of hydrogen-bond donors (Lipinski definition) is 3. The zero-order valence-electron chi connectivity index (χ0n) is 18.0. The van der Waals surface area contributed by atoms with Crippen molar-refractivity contribution >= 4 is 21.7 Å². The molecule has 0 aliphatic carbocycles. The van der Waals surface area contributed by atoms with Crippen LogP contribution in [0.3, 0.4) is 0 Å². The largest absolute Gasteiger partial charge is 0.381 e. The summed E-state index contributed by atoms with van der Waals surface area (Å²) in [4.78, 5) is 28.8. The van der Waals surface area contributed by atoms with Crippen molar-refractivity contribution in [1.82, 2.24) is 15.8 Å². The molecule has 32 heavy (non-hydrogen) atoms. The molecule has 3 rings (SSSR count). The van der Waals surface area contributed by atoms with Crippen LogP contribution in [0, 0.1) is 0 Å². The second-order valence-electron chi connectivity index (χ2n) is 7.79. The van der Waals surface area contributed by atoms with E-state index in [1.165, 1.54) is 23.8 Å². The molecule has 3 N–H and O–H groups in total. The first-order valence-electron chi connectivity index (χ1n) is 10.4. The molecule has 2 heterocycles. The summed E-state index contributed by atoms with van der Waals surface area (Å²) in [5.41, 5.74) is 3.17. The average molecular weight is 462 g/mol. The zero-order valence-corrected chi connectivity index (χ0v) is 18.8. The molecule has 10 heteroatoms. The van der Waals surface area contributed by atoms with Crippen molar-refractivity contribution in [3.05, 3.63) is 48.2 Å². The lowest BCUT2D eigenvalue weighted by Crippen LogP contribution is -2.54. The number of aromatic nitrogens is 1. The Kier molecular flexibility index (Phi) is 7.27. The zero-order chi connectivity index (χ0) is 23.4. The molecule has 2 amide bonds. The molecule has 0 saturated carbocycles. The molecule has 172 valence electrons. The Balaban J connectivity index is 1.84. The molecule has 1 aromatic heterocycles. The third kappa shape index (κ3) is 4.52. The van der Waals surface area contributed by atoms with Gasteiger partial charge in [0, 0.05) is 31.0 Å². The van der Waals surface area contributed by atoms with Gasteiger partial charge in [-0.1, -0.05) is 19.1 Å². The fraction of sp³-hybridized carbons (Fsp3) is 0.409. The molecule has 0 spiro atoms. The number of sulfone groups is 1. The van der Waals surface area contributed by atoms with Gasteiger partial charge in [0.25, 0.3) is 11.8 Å². The van der Waals surface area contributed by atoms with Gasteiger partial charge in [0.2, 0.25) is 0 Å². The molecule has 0 unspecified atom stereocenters. The summed E-state index contributed by atoms with van der Waals surface area (Å²) in [6.07, 6.45) is 2.19. The van der Waals surface area contributed by atoms with Crippen LogP contribution in [0.15, 0.2) is 47.5 Å². The van der Waals surface area contributed by atoms with E-state index in [-0.39, 0.29) is 42.9 Å². The molecule has 1 atom stereocenters. The third-order valence-electron chi connectivity index (χ3n) is 5.81. The van der Waals surface area contributed by atoms with E-state index in [4.69, 9.17) is 9.94 Å². The highest BCUT2D eigenvalue weighted by atomic mass is 32.2. The third-order valence-corrected chi connectivity index (χ3v) is 8.32. The maximum Gasteiger partial charge on any atom is 0.265 e. The van der Waals surface area contributed by atoms with Crippen molar-refractivity contribution in [2.45, 2.75) is 48.8 Å². The van der Waals surface area contributed by atoms with E-state index in [9.17, 15) is 18.0 Å². The molecule has 2 aromatic rings. The van der Waals surface area contributed by atoms with Crippen LogP contribution in [0.25, 0.3) is 11.3 Å². The van der Waals surface area contributed by atoms with Crippen LogP contribution in [-0.4, -0.2) is 54.4 Å². The number of carbonyl (C=O) groups excluding carboxylic acids is 2. The summed E-state index contributed by atoms with van der Waals surface area (Å²) in [5, 5.41) is 12.0. The highest BCUT2D eigenvalue weighted by Gasteiger charge is 2.52. The standard InChI is InChI=1S/C22H27N3O6S/c1-3-15(2)24-20(26)17-6-9-19(23-14-17)16-4-7-18(8-5-16)32(29,30)22(21(27)25-28)10-12-31-13-11-22/h4-9,14-15,28H,3,10-13H2,1-2H3,(H,24,26)(H,25,27)/t15-/m1/s1. The van der Waals surface area contributed by atoms with Gasteiger partial charge in [-0.2, -0.15) is 0 Å². The number of hydrogen-bond acceptors (Lipinski definition) is 7. The van der Waals surface area contributed by atoms with Crippen molar-refractivity contribution in [3.8, 4) is 11.3 Å². The number of rotatable bonds is 7. The minimum atomic E-state index is -4.09. The highest BCUT2D eigenvalue weighted by Crippen LogP contribution is 2.35. The summed E-state index contributed by atoms with van der Waals surface area (Å²) in [6.45, 7) is 4.11. The predicted octanol–water partition coefficient (Wildman–Crippen LogP) is 2.11. The molecular weight excluding hydrogens is 434 g/mol. The van der Waals surface area contributed by atoms with Crippen LogP contribution in [0.5, 0.6) is 0 Å². The van der Waals surface area contributed by atoms with E-state index >= 15 is 0 Å². The summed E-state index contributed by atoms with van der Waals surface area (Å²) < 4.78 is 30.0. The van der Waals surface area contributed by atoms with Crippen LogP contribution in [0.4, 0.5) is 0 Å². The molecular formula is C22H27N3O6S. The Morgan fingerprint density at radius 1 is 1.16 bits per heavy atom. The van der Waals surface area contributed by atoms with Gasteiger partial charge in [-0.3, -0.25) is 19.8 Å². The first-order valence-corrected chi connectivity index (χ1v) is 11.9. The smallest absolute Gasteiger partial charge is 0.265 e. The number of carbonyl (C=O) groups is 2. The van der Waals surface area contributed by atoms with Crippen molar-refractivity contribution in [1.29, 1.82) is 0 Å². The average Bonchev–Trinajstić information content (AvgIpc) is 2.83. The number of nitrogens with one attached hydrogen (secondary N) is 2. The Morgan fingerprint density at radius 3 is 2.34 bits per heavy atom. The Hall–Kier alpha value is -2.82. The lowest BCUT2D eigenvalue weighted by atomic mass is 9.98. The first-order chi connectivity index (χ1) is 15.2. The van der Waals surface area contributed by atoms with Gasteiger partial charge in [-0.25, -0.2) is 13.9 Å². The number of pyridine rings is 1. The minimum absolute atomic E-state index is 0.0312. The van der Waals surface area contributed by atoms with Gasteiger partial charge in [0.15, 0.2) is 14.6 Å². The van der Waals surface area contributed by atoms with Crippen molar-refractivity contribution in [3.63, 3.8) is 0 Å². The quantitative estimate of drug-likeness (QED) is 0.424. The van der Waals surface area contributed by atoms with E-state index in [1.54, 1.807) is 24.3 Å². The SMILES string of the molecule is CC[C@@H](C)NC(=O)c1ccc(-c2ccc(S(=O)(=O)C3(C(=O)NO)CCOCC3)cc2)nc1. The van der Waals surface area contributed by atoms with Gasteiger partial charge in [0.05, 0.1) is 16.2 Å². The van der Waals surface area contributed by atoms with Crippen LogP contribution >= 0.6 is 0 Å². The Labute approximate surface area is 187 Å². The summed E-state index contributed by atoms with van der Waals surface area (Å²) >= 11 is 0. The maximum atomic E-state index is 13.3. The summed E-state index contributed by atoms with van der Waals surface area (Å²) in [7, 11) is -4.09. The van der Waals surface area contributed by atoms with Gasteiger partial charge < -0.3 is 10.1 Å². The Bertz CT molecular complexity index is 1060.